The summed E-state index contributed by atoms with van der Waals surface area (Å²) in [5.41, 5.74) is 3.25. The van der Waals surface area contributed by atoms with Crippen molar-refractivity contribution in [3.63, 3.8) is 0 Å². The van der Waals surface area contributed by atoms with E-state index in [0.29, 0.717) is 13.3 Å². The molecule has 2 aliphatic rings. The lowest BCUT2D eigenvalue weighted by molar-refractivity contribution is 0.0743. The van der Waals surface area contributed by atoms with Crippen molar-refractivity contribution in [3.05, 3.63) is 59.7 Å². The lowest BCUT2D eigenvalue weighted by atomic mass is 10.1. The molecule has 1 aromatic heterocycles. The molecule has 0 spiro atoms. The van der Waals surface area contributed by atoms with Gasteiger partial charge in [-0.25, -0.2) is 9.78 Å². The van der Waals surface area contributed by atoms with Crippen molar-refractivity contribution >= 4 is 19.7 Å². The van der Waals surface area contributed by atoms with E-state index in [1.807, 2.05) is 35.2 Å². The summed E-state index contributed by atoms with van der Waals surface area (Å²) in [7, 11) is -1.15. The maximum Gasteiger partial charge on any atom is 0.410 e. The summed E-state index contributed by atoms with van der Waals surface area (Å²) in [6, 6.07) is 10.8. The van der Waals surface area contributed by atoms with Crippen LogP contribution >= 0.6 is 0 Å². The average Bonchev–Trinajstić information content (AvgIpc) is 3.48. The zero-order valence-electron chi connectivity index (χ0n) is 20.8. The van der Waals surface area contributed by atoms with Crippen LogP contribution in [-0.2, 0) is 22.8 Å². The van der Waals surface area contributed by atoms with E-state index < -0.39 is 8.07 Å². The molecular formula is C26H38N4O3Si. The van der Waals surface area contributed by atoms with Gasteiger partial charge in [0.05, 0.1) is 11.7 Å². The largest absolute Gasteiger partial charge is 0.445 e. The number of imidazole rings is 1. The fraction of sp³-hybridized carbons (Fsp3) is 0.538. The second kappa shape index (κ2) is 11.3. The number of carbonyl (C=O) groups is 1. The molecule has 8 heteroatoms. The van der Waals surface area contributed by atoms with Crippen molar-refractivity contribution in [1.29, 1.82) is 0 Å². The molecule has 1 amide bonds. The molecule has 1 aromatic carbocycles. The predicted molar refractivity (Wildman–Crippen MR) is 137 cm³/mol. The molecule has 1 saturated heterocycles. The van der Waals surface area contributed by atoms with Gasteiger partial charge in [-0.2, -0.15) is 0 Å². The topological polar surface area (TPSA) is 68.6 Å². The summed E-state index contributed by atoms with van der Waals surface area (Å²) in [5, 5.41) is 3.37. The minimum absolute atomic E-state index is 0.0973. The van der Waals surface area contributed by atoms with Crippen LogP contribution in [0.4, 0.5) is 4.79 Å². The molecule has 0 radical (unpaired) electrons. The van der Waals surface area contributed by atoms with Gasteiger partial charge in [-0.1, -0.05) is 56.0 Å². The fourth-order valence-electron chi connectivity index (χ4n) is 4.41. The first-order valence-corrected chi connectivity index (χ1v) is 16.1. The quantitative estimate of drug-likeness (QED) is 0.400. The predicted octanol–water partition coefficient (Wildman–Crippen LogP) is 5.05. The molecule has 1 N–H and O–H groups in total. The normalized spacial score (nSPS) is 18.7. The van der Waals surface area contributed by atoms with E-state index in [0.717, 1.165) is 62.1 Å². The minimum atomic E-state index is -1.15. The van der Waals surface area contributed by atoms with Gasteiger partial charge in [-0.15, -0.1) is 0 Å². The number of hydrogen-bond acceptors (Lipinski definition) is 5. The van der Waals surface area contributed by atoms with Gasteiger partial charge >= 0.3 is 6.09 Å². The van der Waals surface area contributed by atoms with E-state index in [1.165, 1.54) is 5.57 Å². The Hall–Kier alpha value is -2.42. The summed E-state index contributed by atoms with van der Waals surface area (Å²) < 4.78 is 13.9. The zero-order valence-corrected chi connectivity index (χ0v) is 21.8. The molecule has 2 aromatic rings. The molecule has 1 fully saturated rings. The molecule has 7 nitrogen and oxygen atoms in total. The lowest BCUT2D eigenvalue weighted by Crippen LogP contribution is -2.32. The number of benzene rings is 1. The summed E-state index contributed by atoms with van der Waals surface area (Å²) in [5.74, 6) is 0.900. The number of rotatable bonds is 9. The van der Waals surface area contributed by atoms with E-state index in [9.17, 15) is 4.79 Å². The Morgan fingerprint density at radius 1 is 1.24 bits per heavy atom. The molecule has 0 aliphatic carbocycles. The van der Waals surface area contributed by atoms with Crippen molar-refractivity contribution < 1.29 is 14.3 Å². The number of aromatic nitrogens is 2. The van der Waals surface area contributed by atoms with Gasteiger partial charge in [0.1, 0.15) is 19.2 Å². The van der Waals surface area contributed by atoms with E-state index in [2.05, 4.69) is 41.8 Å². The summed E-state index contributed by atoms with van der Waals surface area (Å²) in [6.45, 7) is 11.1. The van der Waals surface area contributed by atoms with Crippen LogP contribution < -0.4 is 5.32 Å². The van der Waals surface area contributed by atoms with Crippen molar-refractivity contribution in [1.82, 2.24) is 19.8 Å². The smallest absolute Gasteiger partial charge is 0.410 e. The molecule has 3 heterocycles. The van der Waals surface area contributed by atoms with Crippen LogP contribution in [-0.4, -0.2) is 54.9 Å². The highest BCUT2D eigenvalue weighted by Crippen LogP contribution is 2.33. The zero-order chi connectivity index (χ0) is 24.0. The second-order valence-electron chi connectivity index (χ2n) is 10.4. The molecule has 0 bridgehead atoms. The number of carbonyl (C=O) groups excluding carboxylic acids is 1. The highest BCUT2D eigenvalue weighted by molar-refractivity contribution is 6.76. The third-order valence-corrected chi connectivity index (χ3v) is 8.12. The van der Waals surface area contributed by atoms with E-state index in [1.54, 1.807) is 0 Å². The summed E-state index contributed by atoms with van der Waals surface area (Å²) >= 11 is 0. The standard InChI is InChI=1S/C26H38N4O3Si/c1-34(2,3)17-16-32-20-29-18-23(22-11-13-27-14-12-22)28-25(29)24-10-7-15-30(24)26(31)33-19-21-8-5-4-6-9-21/h4-6,8-9,11,18,24,27H,7,10,12-17,19-20H2,1-3H3/t24-/m0/s1. The van der Waals surface area contributed by atoms with Gasteiger partial charge in [0, 0.05) is 34.0 Å². The van der Waals surface area contributed by atoms with Crippen LogP contribution in [0.1, 0.15) is 42.4 Å². The van der Waals surface area contributed by atoms with Gasteiger partial charge < -0.3 is 19.4 Å². The number of nitrogens with one attached hydrogen (secondary N) is 1. The molecule has 4 rings (SSSR count). The molecule has 0 unspecified atom stereocenters. The third-order valence-electron chi connectivity index (χ3n) is 6.42. The molecule has 1 atom stereocenters. The average molecular weight is 483 g/mol. The van der Waals surface area contributed by atoms with Crippen LogP contribution in [0.25, 0.3) is 5.57 Å². The Morgan fingerprint density at radius 3 is 2.79 bits per heavy atom. The first-order valence-electron chi connectivity index (χ1n) is 12.4. The summed E-state index contributed by atoms with van der Waals surface area (Å²) in [4.78, 5) is 19.9. The Kier molecular flexibility index (Phi) is 8.23. The Bertz CT molecular complexity index is 984. The number of hydrogen-bond donors (Lipinski definition) is 1. The van der Waals surface area contributed by atoms with Gasteiger partial charge in [-0.3, -0.25) is 4.90 Å². The first kappa shape index (κ1) is 24.7. The Morgan fingerprint density at radius 2 is 2.06 bits per heavy atom. The van der Waals surface area contributed by atoms with Gasteiger partial charge in [0.2, 0.25) is 0 Å². The highest BCUT2D eigenvalue weighted by Gasteiger charge is 2.35. The molecule has 184 valence electrons. The highest BCUT2D eigenvalue weighted by atomic mass is 28.3. The monoisotopic (exact) mass is 482 g/mol. The lowest BCUT2D eigenvalue weighted by Gasteiger charge is -2.24. The molecule has 2 aliphatic heterocycles. The first-order chi connectivity index (χ1) is 16.4. The molecule has 0 saturated carbocycles. The summed E-state index contributed by atoms with van der Waals surface area (Å²) in [6.07, 6.45) is 6.82. The maximum atomic E-state index is 13.0. The van der Waals surface area contributed by atoms with Crippen LogP contribution in [0.5, 0.6) is 0 Å². The molecule has 34 heavy (non-hydrogen) atoms. The number of amides is 1. The second-order valence-corrected chi connectivity index (χ2v) is 16.0. The fourth-order valence-corrected chi connectivity index (χ4v) is 5.16. The number of ether oxygens (including phenoxy) is 2. The minimum Gasteiger partial charge on any atom is -0.445 e. The van der Waals surface area contributed by atoms with E-state index >= 15 is 0 Å². The van der Waals surface area contributed by atoms with Gasteiger partial charge in [-0.05, 0) is 43.0 Å². The van der Waals surface area contributed by atoms with Crippen LogP contribution in [0.3, 0.4) is 0 Å². The maximum absolute atomic E-state index is 13.0. The molecular weight excluding hydrogens is 444 g/mol. The van der Waals surface area contributed by atoms with Gasteiger partial charge in [0.15, 0.2) is 0 Å². The van der Waals surface area contributed by atoms with Crippen molar-refractivity contribution in [2.24, 2.45) is 0 Å². The van der Waals surface area contributed by atoms with Gasteiger partial charge in [0.25, 0.3) is 0 Å². The third kappa shape index (κ3) is 6.58. The Balaban J connectivity index is 1.49. The van der Waals surface area contributed by atoms with Crippen LogP contribution in [0.15, 0.2) is 42.6 Å². The van der Waals surface area contributed by atoms with Crippen molar-refractivity contribution in [3.8, 4) is 0 Å². The Labute approximate surface area is 204 Å². The van der Waals surface area contributed by atoms with Crippen molar-refractivity contribution in [2.75, 3.05) is 26.2 Å². The number of likely N-dealkylation sites (tertiary alicyclic amines) is 1. The van der Waals surface area contributed by atoms with Crippen LogP contribution in [0.2, 0.25) is 25.7 Å². The van der Waals surface area contributed by atoms with E-state index in [-0.39, 0.29) is 18.7 Å². The van der Waals surface area contributed by atoms with Crippen molar-refractivity contribution in [2.45, 2.75) is 64.3 Å². The SMILES string of the molecule is C[Si](C)(C)CCOCn1cc(C2=CCNCC2)nc1[C@@H]1CCCN1C(=O)OCc1ccccc1. The number of nitrogens with zero attached hydrogens (tertiary/aromatic N) is 3. The van der Waals surface area contributed by atoms with Crippen LogP contribution in [0, 0.1) is 0 Å². The van der Waals surface area contributed by atoms with E-state index in [4.69, 9.17) is 14.5 Å².